The fourth-order valence-corrected chi connectivity index (χ4v) is 2.52. The number of carbonyl (C=O) groups is 2. The number of amides is 2. The van der Waals surface area contributed by atoms with Crippen LogP contribution in [-0.4, -0.2) is 32.3 Å². The molecule has 0 saturated carbocycles. The molecule has 0 saturated heterocycles. The smallest absolute Gasteiger partial charge is 0.338 e. The molecule has 0 bridgehead atoms. The van der Waals surface area contributed by atoms with Crippen LogP contribution in [0.25, 0.3) is 0 Å². The first-order valence-corrected chi connectivity index (χ1v) is 7.64. The molecule has 2 rings (SSSR count). The average molecular weight is 345 g/mol. The first kappa shape index (κ1) is 18.1. The van der Waals surface area contributed by atoms with Crippen LogP contribution < -0.4 is 20.1 Å². The highest BCUT2D eigenvalue weighted by Gasteiger charge is 2.32. The summed E-state index contributed by atoms with van der Waals surface area (Å²) in [7, 11) is 1.46. The average Bonchev–Trinajstić information content (AvgIpc) is 2.59. The van der Waals surface area contributed by atoms with Gasteiger partial charge in [-0.15, -0.1) is 0 Å². The number of esters is 1. The summed E-state index contributed by atoms with van der Waals surface area (Å²) in [6, 6.07) is 5.74. The number of rotatable bonds is 6. The predicted molar refractivity (Wildman–Crippen MR) is 87.8 cm³/mol. The van der Waals surface area contributed by atoms with E-state index in [0.717, 1.165) is 0 Å². The molecule has 2 N–H and O–H groups in total. The van der Waals surface area contributed by atoms with Crippen molar-refractivity contribution in [1.29, 1.82) is 5.26 Å². The van der Waals surface area contributed by atoms with Gasteiger partial charge in [-0.1, -0.05) is 6.07 Å². The Morgan fingerprint density at radius 2 is 2.12 bits per heavy atom. The third-order valence-electron chi connectivity index (χ3n) is 3.58. The molecule has 1 aliphatic heterocycles. The summed E-state index contributed by atoms with van der Waals surface area (Å²) in [5.74, 6) is 0.272. The monoisotopic (exact) mass is 345 g/mol. The lowest BCUT2D eigenvalue weighted by molar-refractivity contribution is -0.139. The van der Waals surface area contributed by atoms with Crippen molar-refractivity contribution in [3.8, 4) is 17.6 Å². The minimum Gasteiger partial charge on any atom is -0.493 e. The van der Waals surface area contributed by atoms with E-state index in [1.807, 2.05) is 6.07 Å². The number of ether oxygens (including phenoxy) is 3. The summed E-state index contributed by atoms with van der Waals surface area (Å²) in [5.41, 5.74) is 1.36. The number of hydrogen-bond donors (Lipinski definition) is 2. The zero-order valence-electron chi connectivity index (χ0n) is 14.2. The van der Waals surface area contributed by atoms with Gasteiger partial charge in [-0.3, -0.25) is 0 Å². The molecule has 0 fully saturated rings. The minimum absolute atomic E-state index is 0.118. The number of benzene rings is 1. The van der Waals surface area contributed by atoms with E-state index in [-0.39, 0.29) is 13.2 Å². The van der Waals surface area contributed by atoms with E-state index < -0.39 is 18.0 Å². The zero-order chi connectivity index (χ0) is 18.4. The van der Waals surface area contributed by atoms with Gasteiger partial charge >= 0.3 is 12.0 Å². The molecule has 0 aromatic heterocycles. The van der Waals surface area contributed by atoms with Gasteiger partial charge in [0.25, 0.3) is 0 Å². The number of hydrogen-bond acceptors (Lipinski definition) is 6. The molecule has 1 heterocycles. The van der Waals surface area contributed by atoms with Gasteiger partial charge in [-0.2, -0.15) is 5.26 Å². The van der Waals surface area contributed by atoms with E-state index in [2.05, 4.69) is 10.6 Å². The number of nitriles is 1. The Morgan fingerprint density at radius 1 is 1.36 bits per heavy atom. The van der Waals surface area contributed by atoms with Gasteiger partial charge in [-0.05, 0) is 31.5 Å². The van der Waals surface area contributed by atoms with Crippen LogP contribution in [0.1, 0.15) is 25.5 Å². The SMILES string of the molecule is CCOC(=O)C1=C(C)NC(=O)NC1c1ccc(OCC#N)c(OC)c1. The van der Waals surface area contributed by atoms with E-state index in [1.54, 1.807) is 32.0 Å². The van der Waals surface area contributed by atoms with Crippen LogP contribution in [0.4, 0.5) is 4.79 Å². The number of nitrogens with zero attached hydrogens (tertiary/aromatic N) is 1. The largest absolute Gasteiger partial charge is 0.493 e. The van der Waals surface area contributed by atoms with Crippen molar-refractivity contribution in [2.75, 3.05) is 20.3 Å². The lowest BCUT2D eigenvalue weighted by Gasteiger charge is -2.28. The van der Waals surface area contributed by atoms with Crippen LogP contribution in [0.3, 0.4) is 0 Å². The van der Waals surface area contributed by atoms with Crippen LogP contribution in [0, 0.1) is 11.3 Å². The first-order valence-electron chi connectivity index (χ1n) is 7.64. The van der Waals surface area contributed by atoms with Crippen molar-refractivity contribution in [2.45, 2.75) is 19.9 Å². The molecule has 2 amide bonds. The number of nitrogens with one attached hydrogen (secondary N) is 2. The molecule has 132 valence electrons. The zero-order valence-corrected chi connectivity index (χ0v) is 14.2. The van der Waals surface area contributed by atoms with Crippen LogP contribution in [0.15, 0.2) is 29.5 Å². The maximum Gasteiger partial charge on any atom is 0.338 e. The molecule has 0 radical (unpaired) electrons. The number of urea groups is 1. The van der Waals surface area contributed by atoms with Crippen molar-refractivity contribution in [2.24, 2.45) is 0 Å². The van der Waals surface area contributed by atoms with Crippen molar-refractivity contribution in [3.05, 3.63) is 35.0 Å². The highest BCUT2D eigenvalue weighted by molar-refractivity contribution is 5.95. The second-order valence-corrected chi connectivity index (χ2v) is 5.15. The van der Waals surface area contributed by atoms with Gasteiger partial charge in [0.05, 0.1) is 25.3 Å². The van der Waals surface area contributed by atoms with E-state index >= 15 is 0 Å². The summed E-state index contributed by atoms with van der Waals surface area (Å²) < 4.78 is 15.7. The lowest BCUT2D eigenvalue weighted by Crippen LogP contribution is -2.45. The molecule has 1 atom stereocenters. The molecule has 1 aliphatic rings. The third kappa shape index (κ3) is 4.01. The standard InChI is InChI=1S/C17H19N3O5/c1-4-24-16(21)14-10(2)19-17(22)20-15(14)11-5-6-12(25-8-7-18)13(9-11)23-3/h5-6,9,15H,4,8H2,1-3H3,(H2,19,20,22). The summed E-state index contributed by atoms with van der Waals surface area (Å²) in [6.45, 7) is 3.45. The fraction of sp³-hybridized carbons (Fsp3) is 0.353. The second-order valence-electron chi connectivity index (χ2n) is 5.15. The summed E-state index contributed by atoms with van der Waals surface area (Å²) in [5, 5.41) is 13.9. The Hall–Kier alpha value is -3.21. The predicted octanol–water partition coefficient (Wildman–Crippen LogP) is 1.79. The van der Waals surface area contributed by atoms with Crippen LogP contribution in [-0.2, 0) is 9.53 Å². The fourth-order valence-electron chi connectivity index (χ4n) is 2.52. The molecular formula is C17H19N3O5. The summed E-state index contributed by atoms with van der Waals surface area (Å²) in [4.78, 5) is 24.1. The Kier molecular flexibility index (Phi) is 5.84. The quantitative estimate of drug-likeness (QED) is 0.761. The molecule has 8 nitrogen and oxygen atoms in total. The molecule has 0 spiro atoms. The maximum absolute atomic E-state index is 12.3. The Labute approximate surface area is 145 Å². The van der Waals surface area contributed by atoms with Gasteiger partial charge in [-0.25, -0.2) is 9.59 Å². The van der Waals surface area contributed by atoms with Gasteiger partial charge < -0.3 is 24.8 Å². The molecule has 1 aromatic rings. The van der Waals surface area contributed by atoms with E-state index in [9.17, 15) is 9.59 Å². The molecular weight excluding hydrogens is 326 g/mol. The van der Waals surface area contributed by atoms with Gasteiger partial charge in [0.2, 0.25) is 0 Å². The molecule has 1 unspecified atom stereocenters. The van der Waals surface area contributed by atoms with Gasteiger partial charge in [0, 0.05) is 5.70 Å². The topological polar surface area (TPSA) is 110 Å². The highest BCUT2D eigenvalue weighted by Crippen LogP contribution is 2.34. The van der Waals surface area contributed by atoms with Gasteiger partial charge in [0.15, 0.2) is 18.1 Å². The van der Waals surface area contributed by atoms with E-state index in [0.29, 0.717) is 28.3 Å². The van der Waals surface area contributed by atoms with Crippen molar-refractivity contribution in [3.63, 3.8) is 0 Å². The van der Waals surface area contributed by atoms with Gasteiger partial charge in [0.1, 0.15) is 6.07 Å². The minimum atomic E-state index is -0.688. The second kappa shape index (κ2) is 8.06. The Bertz CT molecular complexity index is 751. The van der Waals surface area contributed by atoms with Crippen LogP contribution in [0.5, 0.6) is 11.5 Å². The Morgan fingerprint density at radius 3 is 2.76 bits per heavy atom. The normalized spacial score (nSPS) is 16.4. The van der Waals surface area contributed by atoms with Crippen LogP contribution in [0.2, 0.25) is 0 Å². The number of methoxy groups -OCH3 is 1. The Balaban J connectivity index is 2.43. The first-order chi connectivity index (χ1) is 12.0. The van der Waals surface area contributed by atoms with Crippen molar-refractivity contribution in [1.82, 2.24) is 10.6 Å². The number of allylic oxidation sites excluding steroid dienone is 1. The molecule has 8 heteroatoms. The van der Waals surface area contributed by atoms with Crippen molar-refractivity contribution >= 4 is 12.0 Å². The number of carbonyl (C=O) groups excluding carboxylic acids is 2. The lowest BCUT2D eigenvalue weighted by atomic mass is 9.95. The summed E-state index contributed by atoms with van der Waals surface area (Å²) in [6.07, 6.45) is 0. The van der Waals surface area contributed by atoms with Crippen LogP contribution >= 0.6 is 0 Å². The molecule has 0 aliphatic carbocycles. The summed E-state index contributed by atoms with van der Waals surface area (Å²) >= 11 is 0. The van der Waals surface area contributed by atoms with E-state index in [4.69, 9.17) is 19.5 Å². The third-order valence-corrected chi connectivity index (χ3v) is 3.58. The van der Waals surface area contributed by atoms with E-state index in [1.165, 1.54) is 7.11 Å². The molecule has 1 aromatic carbocycles. The maximum atomic E-state index is 12.3. The highest BCUT2D eigenvalue weighted by atomic mass is 16.5. The molecule has 25 heavy (non-hydrogen) atoms. The van der Waals surface area contributed by atoms with Crippen molar-refractivity contribution < 1.29 is 23.8 Å².